The van der Waals surface area contributed by atoms with Crippen molar-refractivity contribution in [1.82, 2.24) is 19.8 Å². The molecule has 0 bridgehead atoms. The van der Waals surface area contributed by atoms with Crippen LogP contribution in [0.3, 0.4) is 0 Å². The molecule has 0 spiro atoms. The number of aromatic nitrogens is 2. The number of nitrogens with one attached hydrogen (secondary N) is 2. The number of rotatable bonds is 16. The van der Waals surface area contributed by atoms with Crippen molar-refractivity contribution in [1.29, 1.82) is 0 Å². The van der Waals surface area contributed by atoms with Gasteiger partial charge in [-0.25, -0.2) is 14.3 Å². The van der Waals surface area contributed by atoms with Gasteiger partial charge in [0.05, 0.1) is 18.2 Å². The standard InChI is InChI=1S/C26H39N9O7/c1-16(36)34(21(39)18(28)14-20(37)38)26(15-17-8-3-2-4-9-17,23(41)31-12-6-5-11-27)35-22(40)19(33-25(35)42)10-7-13-32-24(29)30/h2-4,8-9,18,40H,5-7,10-15,27-28H2,1H3,(H,31,41)(H,33,42)(H,37,38)(H4,29,30,32)/t18-,26+/m0/s1. The van der Waals surface area contributed by atoms with Gasteiger partial charge < -0.3 is 43.4 Å². The van der Waals surface area contributed by atoms with Gasteiger partial charge in [-0.15, -0.1) is 0 Å². The predicted molar refractivity (Wildman–Crippen MR) is 153 cm³/mol. The van der Waals surface area contributed by atoms with E-state index < -0.39 is 59.8 Å². The summed E-state index contributed by atoms with van der Waals surface area (Å²) >= 11 is 0. The molecular formula is C26H39N9O7. The zero-order valence-corrected chi connectivity index (χ0v) is 23.4. The first-order valence-electron chi connectivity index (χ1n) is 13.3. The van der Waals surface area contributed by atoms with Crippen LogP contribution in [0.1, 0.15) is 43.9 Å². The van der Waals surface area contributed by atoms with Crippen LogP contribution in [-0.4, -0.2) is 80.0 Å². The number of H-pyrrole nitrogens is 1. The molecule has 0 aliphatic rings. The third-order valence-corrected chi connectivity index (χ3v) is 6.38. The molecule has 2 atom stereocenters. The second-order valence-corrected chi connectivity index (χ2v) is 9.61. The first-order chi connectivity index (χ1) is 19.9. The molecule has 1 aromatic carbocycles. The number of carbonyl (C=O) groups is 4. The Hall–Kier alpha value is -4.70. The minimum absolute atomic E-state index is 0.00931. The molecule has 2 aromatic rings. The van der Waals surface area contributed by atoms with Gasteiger partial charge in [0.1, 0.15) is 0 Å². The Balaban J connectivity index is 2.85. The van der Waals surface area contributed by atoms with Crippen molar-refractivity contribution in [2.45, 2.75) is 57.2 Å². The third-order valence-electron chi connectivity index (χ3n) is 6.38. The van der Waals surface area contributed by atoms with E-state index in [1.807, 2.05) is 0 Å². The predicted octanol–water partition coefficient (Wildman–Crippen LogP) is -1.98. The number of imide groups is 1. The summed E-state index contributed by atoms with van der Waals surface area (Å²) in [7, 11) is 0. The number of guanidine groups is 1. The largest absolute Gasteiger partial charge is 0.493 e. The van der Waals surface area contributed by atoms with E-state index in [-0.39, 0.29) is 37.6 Å². The number of carboxylic acids is 1. The number of aromatic amines is 1. The van der Waals surface area contributed by atoms with Crippen LogP contribution in [0.15, 0.2) is 40.1 Å². The van der Waals surface area contributed by atoms with Crippen LogP contribution >= 0.6 is 0 Å². The van der Waals surface area contributed by atoms with Crippen LogP contribution in [0.25, 0.3) is 0 Å². The van der Waals surface area contributed by atoms with E-state index in [0.29, 0.717) is 34.4 Å². The zero-order valence-electron chi connectivity index (χ0n) is 23.4. The highest BCUT2D eigenvalue weighted by Crippen LogP contribution is 2.33. The molecular weight excluding hydrogens is 550 g/mol. The average molecular weight is 590 g/mol. The zero-order chi connectivity index (χ0) is 31.4. The summed E-state index contributed by atoms with van der Waals surface area (Å²) in [5.74, 6) is -5.53. The number of carboxylic acid groups (broad SMARTS) is 1. The molecule has 0 aliphatic carbocycles. The number of unbranched alkanes of at least 4 members (excludes halogenated alkanes) is 1. The minimum atomic E-state index is -2.54. The Morgan fingerprint density at radius 3 is 2.38 bits per heavy atom. The number of carbonyl (C=O) groups excluding carboxylic acids is 3. The molecule has 16 heteroatoms. The molecule has 2 rings (SSSR count). The lowest BCUT2D eigenvalue weighted by molar-refractivity contribution is -0.166. The molecule has 16 nitrogen and oxygen atoms in total. The number of hydrogen-bond acceptors (Lipinski definition) is 9. The normalized spacial score (nSPS) is 13.0. The van der Waals surface area contributed by atoms with Gasteiger partial charge in [0.2, 0.25) is 23.4 Å². The number of benzene rings is 1. The molecule has 0 saturated carbocycles. The molecule has 0 aliphatic heterocycles. The molecule has 0 saturated heterocycles. The third kappa shape index (κ3) is 8.17. The van der Waals surface area contributed by atoms with Crippen LogP contribution < -0.4 is 33.9 Å². The number of aliphatic carboxylic acids is 1. The van der Waals surface area contributed by atoms with Gasteiger partial charge in [-0.1, -0.05) is 30.3 Å². The number of amides is 3. The number of nitrogens with zero attached hydrogens (tertiary/aromatic N) is 3. The number of aliphatic imine (C=N–C) groups is 1. The second kappa shape index (κ2) is 15.3. The summed E-state index contributed by atoms with van der Waals surface area (Å²) < 4.78 is 0.626. The Morgan fingerprint density at radius 2 is 1.81 bits per heavy atom. The van der Waals surface area contributed by atoms with E-state index in [1.165, 1.54) is 0 Å². The summed E-state index contributed by atoms with van der Waals surface area (Å²) in [5.41, 5.74) is 19.0. The van der Waals surface area contributed by atoms with Gasteiger partial charge in [-0.2, -0.15) is 0 Å². The van der Waals surface area contributed by atoms with Crippen molar-refractivity contribution in [3.05, 3.63) is 52.1 Å². The maximum Gasteiger partial charge on any atom is 0.331 e. The van der Waals surface area contributed by atoms with Crippen LogP contribution in [0.4, 0.5) is 0 Å². The summed E-state index contributed by atoms with van der Waals surface area (Å²) in [5, 5.41) is 23.3. The minimum Gasteiger partial charge on any atom is -0.493 e. The topological polar surface area (TPSA) is 278 Å². The Labute approximate surface area is 241 Å². The fourth-order valence-electron chi connectivity index (χ4n) is 4.53. The fraction of sp³-hybridized carbons (Fsp3) is 0.462. The summed E-state index contributed by atoms with van der Waals surface area (Å²) in [6, 6.07) is 6.42. The van der Waals surface area contributed by atoms with Crippen molar-refractivity contribution in [3.63, 3.8) is 0 Å². The van der Waals surface area contributed by atoms with Gasteiger partial charge in [-0.3, -0.25) is 24.2 Å². The number of aromatic hydroxyl groups is 1. The number of hydrogen-bond donors (Lipinski definition) is 8. The Bertz CT molecular complexity index is 1340. The van der Waals surface area contributed by atoms with Crippen LogP contribution in [0, 0.1) is 0 Å². The van der Waals surface area contributed by atoms with Crippen LogP contribution in [-0.2, 0) is 37.7 Å². The summed E-state index contributed by atoms with van der Waals surface area (Å²) in [6.07, 6.45) is -0.0365. The highest BCUT2D eigenvalue weighted by Gasteiger charge is 2.54. The first kappa shape index (κ1) is 33.5. The van der Waals surface area contributed by atoms with Gasteiger partial charge in [0, 0.05) is 26.4 Å². The molecule has 0 fully saturated rings. The smallest absolute Gasteiger partial charge is 0.331 e. The molecule has 1 aromatic heterocycles. The maximum absolute atomic E-state index is 14.2. The highest BCUT2D eigenvalue weighted by atomic mass is 16.4. The van der Waals surface area contributed by atoms with Crippen LogP contribution in [0.5, 0.6) is 5.88 Å². The SMILES string of the molecule is CC(=O)N(C(=O)[C@@H](N)CC(=O)O)[C@@](Cc1ccccc1)(C(=O)NCCCCN)n1c(O)c(CCCN=C(N)N)[nH]c1=O. The number of nitrogens with two attached hydrogens (primary N) is 4. The van der Waals surface area contributed by atoms with Crippen molar-refractivity contribution in [3.8, 4) is 5.88 Å². The lowest BCUT2D eigenvalue weighted by atomic mass is 9.94. The summed E-state index contributed by atoms with van der Waals surface area (Å²) in [6.45, 7) is 1.53. The van der Waals surface area contributed by atoms with Crippen molar-refractivity contribution in [2.24, 2.45) is 27.9 Å². The quantitative estimate of drug-likeness (QED) is 0.0603. The van der Waals surface area contributed by atoms with Crippen LogP contribution in [0.2, 0.25) is 0 Å². The van der Waals surface area contributed by atoms with E-state index in [9.17, 15) is 34.2 Å². The first-order valence-corrected chi connectivity index (χ1v) is 13.3. The maximum atomic E-state index is 14.2. The average Bonchev–Trinajstić information content (AvgIpc) is 3.21. The molecule has 42 heavy (non-hydrogen) atoms. The second-order valence-electron chi connectivity index (χ2n) is 9.61. The van der Waals surface area contributed by atoms with Gasteiger partial charge in [0.15, 0.2) is 5.96 Å². The van der Waals surface area contributed by atoms with E-state index in [0.717, 1.165) is 6.92 Å². The molecule has 230 valence electrons. The van der Waals surface area contributed by atoms with Crippen molar-refractivity contribution < 1.29 is 29.4 Å². The number of aryl methyl sites for hydroxylation is 1. The van der Waals surface area contributed by atoms with E-state index >= 15 is 0 Å². The van der Waals surface area contributed by atoms with Gasteiger partial charge in [-0.05, 0) is 37.8 Å². The van der Waals surface area contributed by atoms with E-state index in [1.54, 1.807) is 30.3 Å². The molecule has 1 heterocycles. The monoisotopic (exact) mass is 589 g/mol. The van der Waals surface area contributed by atoms with Gasteiger partial charge >= 0.3 is 11.7 Å². The molecule has 12 N–H and O–H groups in total. The fourth-order valence-corrected chi connectivity index (χ4v) is 4.53. The molecule has 0 radical (unpaired) electrons. The lowest BCUT2D eigenvalue weighted by Gasteiger charge is -2.42. The van der Waals surface area contributed by atoms with Gasteiger partial charge in [0.25, 0.3) is 5.91 Å². The lowest BCUT2D eigenvalue weighted by Crippen LogP contribution is -2.68. The van der Waals surface area contributed by atoms with Crippen molar-refractivity contribution in [2.75, 3.05) is 19.6 Å². The van der Waals surface area contributed by atoms with E-state index in [4.69, 9.17) is 22.9 Å². The van der Waals surface area contributed by atoms with Crippen molar-refractivity contribution >= 4 is 29.7 Å². The van der Waals surface area contributed by atoms with E-state index in [2.05, 4.69) is 15.3 Å². The molecule has 3 amide bonds. The highest BCUT2D eigenvalue weighted by molar-refractivity contribution is 6.03. The Kier molecular flexibility index (Phi) is 12.2. The number of imidazole rings is 1. The summed E-state index contributed by atoms with van der Waals surface area (Å²) in [4.78, 5) is 72.8. The molecule has 0 unspecified atom stereocenters. The Morgan fingerprint density at radius 1 is 1.14 bits per heavy atom.